The zero-order valence-corrected chi connectivity index (χ0v) is 8.35. The molecule has 88 valence electrons. The molecule has 1 rings (SSSR count). The predicted octanol–water partition coefficient (Wildman–Crippen LogP) is -2.33. The summed E-state index contributed by atoms with van der Waals surface area (Å²) in [6, 6.07) is 0. The SMILES string of the molecule is O=C1CCOC(CO)(CO)C1(CO)CO. The maximum absolute atomic E-state index is 11.7. The molecule has 15 heavy (non-hydrogen) atoms. The van der Waals surface area contributed by atoms with E-state index in [9.17, 15) is 25.2 Å². The van der Waals surface area contributed by atoms with E-state index in [0.717, 1.165) is 0 Å². The molecule has 1 fully saturated rings. The smallest absolute Gasteiger partial charge is 0.149 e. The quantitative estimate of drug-likeness (QED) is 0.423. The molecule has 0 atom stereocenters. The van der Waals surface area contributed by atoms with Crippen molar-refractivity contribution in [3.05, 3.63) is 0 Å². The van der Waals surface area contributed by atoms with Gasteiger partial charge in [0, 0.05) is 6.42 Å². The summed E-state index contributed by atoms with van der Waals surface area (Å²) in [6.07, 6.45) is 0.0584. The van der Waals surface area contributed by atoms with Crippen LogP contribution in [0.3, 0.4) is 0 Å². The van der Waals surface area contributed by atoms with Crippen LogP contribution in [0.4, 0.5) is 0 Å². The number of rotatable bonds is 4. The first kappa shape index (κ1) is 12.5. The first-order valence-corrected chi connectivity index (χ1v) is 4.73. The summed E-state index contributed by atoms with van der Waals surface area (Å²) in [6.45, 7) is -2.51. The second-order valence-corrected chi connectivity index (χ2v) is 3.73. The van der Waals surface area contributed by atoms with E-state index in [1.54, 1.807) is 0 Å². The maximum atomic E-state index is 11.7. The number of Topliss-reactive ketones (excluding diaryl/α,β-unsaturated/α-hetero) is 1. The lowest BCUT2D eigenvalue weighted by molar-refractivity contribution is -0.223. The highest BCUT2D eigenvalue weighted by Gasteiger charge is 2.58. The van der Waals surface area contributed by atoms with Crippen molar-refractivity contribution in [1.82, 2.24) is 0 Å². The van der Waals surface area contributed by atoms with Crippen LogP contribution in [0.1, 0.15) is 6.42 Å². The van der Waals surface area contributed by atoms with Gasteiger partial charge in [0.15, 0.2) is 0 Å². The van der Waals surface area contributed by atoms with Crippen molar-refractivity contribution >= 4 is 5.78 Å². The Kier molecular flexibility index (Phi) is 3.80. The molecule has 0 amide bonds. The number of hydrogen-bond acceptors (Lipinski definition) is 6. The lowest BCUT2D eigenvalue weighted by Crippen LogP contribution is -2.66. The van der Waals surface area contributed by atoms with Crippen LogP contribution in [0, 0.1) is 5.41 Å². The van der Waals surface area contributed by atoms with Gasteiger partial charge in [-0.15, -0.1) is 0 Å². The summed E-state index contributed by atoms with van der Waals surface area (Å²) in [5.41, 5.74) is -3.21. The number of carbonyl (C=O) groups excluding carboxylic acids is 1. The zero-order valence-electron chi connectivity index (χ0n) is 8.35. The summed E-state index contributed by atoms with van der Waals surface area (Å²) in [5.74, 6) is -0.401. The number of ether oxygens (including phenoxy) is 1. The van der Waals surface area contributed by atoms with E-state index in [-0.39, 0.29) is 13.0 Å². The summed E-state index contributed by atoms with van der Waals surface area (Å²) in [5, 5.41) is 36.8. The second kappa shape index (κ2) is 4.54. The van der Waals surface area contributed by atoms with E-state index in [1.165, 1.54) is 0 Å². The van der Waals surface area contributed by atoms with Crippen LogP contribution >= 0.6 is 0 Å². The van der Waals surface area contributed by atoms with Crippen LogP contribution in [0.2, 0.25) is 0 Å². The highest BCUT2D eigenvalue weighted by Crippen LogP contribution is 2.39. The van der Waals surface area contributed by atoms with Crippen LogP contribution in [0.15, 0.2) is 0 Å². The first-order chi connectivity index (χ1) is 7.12. The van der Waals surface area contributed by atoms with Gasteiger partial charge >= 0.3 is 0 Å². The van der Waals surface area contributed by atoms with E-state index in [1.807, 2.05) is 0 Å². The van der Waals surface area contributed by atoms with Gasteiger partial charge in [-0.25, -0.2) is 0 Å². The normalized spacial score (nSPS) is 24.1. The van der Waals surface area contributed by atoms with Gasteiger partial charge in [0.1, 0.15) is 16.8 Å². The molecule has 6 nitrogen and oxygen atoms in total. The Bertz CT molecular complexity index is 231. The van der Waals surface area contributed by atoms with Gasteiger partial charge in [0.2, 0.25) is 0 Å². The average Bonchev–Trinajstić information content (AvgIpc) is 2.29. The minimum atomic E-state index is -1.62. The molecule has 0 bridgehead atoms. The average molecular weight is 220 g/mol. The minimum absolute atomic E-state index is 0.0584. The number of hydrogen-bond donors (Lipinski definition) is 4. The Labute approximate surface area is 87.1 Å². The number of aliphatic hydroxyl groups excluding tert-OH is 4. The molecule has 1 aliphatic rings. The van der Waals surface area contributed by atoms with Crippen LogP contribution in [0.25, 0.3) is 0 Å². The van der Waals surface area contributed by atoms with Crippen molar-refractivity contribution in [1.29, 1.82) is 0 Å². The molecule has 0 saturated carbocycles. The van der Waals surface area contributed by atoms with Crippen LogP contribution < -0.4 is 0 Å². The zero-order chi connectivity index (χ0) is 11.5. The summed E-state index contributed by atoms with van der Waals surface area (Å²) >= 11 is 0. The van der Waals surface area contributed by atoms with Crippen molar-refractivity contribution in [2.24, 2.45) is 5.41 Å². The third-order valence-electron chi connectivity index (χ3n) is 3.16. The molecule has 6 heteroatoms. The molecule has 0 unspecified atom stereocenters. The molecule has 0 radical (unpaired) electrons. The summed E-state index contributed by atoms with van der Waals surface area (Å²) in [4.78, 5) is 11.7. The lowest BCUT2D eigenvalue weighted by atomic mass is 9.68. The molecule has 1 aliphatic heterocycles. The van der Waals surface area contributed by atoms with Crippen molar-refractivity contribution in [3.63, 3.8) is 0 Å². The first-order valence-electron chi connectivity index (χ1n) is 4.73. The van der Waals surface area contributed by atoms with E-state index in [2.05, 4.69) is 0 Å². The van der Waals surface area contributed by atoms with Crippen molar-refractivity contribution in [2.45, 2.75) is 12.0 Å². The standard InChI is InChI=1S/C9H16O6/c10-3-8(4-11)7(14)1-2-15-9(8,5-12)6-13/h10-13H,1-6H2. The highest BCUT2D eigenvalue weighted by atomic mass is 16.5. The largest absolute Gasteiger partial charge is 0.395 e. The van der Waals surface area contributed by atoms with Gasteiger partial charge in [-0.2, -0.15) is 0 Å². The molecule has 1 saturated heterocycles. The Morgan fingerprint density at radius 2 is 1.60 bits per heavy atom. The Morgan fingerprint density at radius 3 is 1.93 bits per heavy atom. The van der Waals surface area contributed by atoms with Gasteiger partial charge in [-0.05, 0) is 0 Å². The van der Waals surface area contributed by atoms with Crippen LogP contribution in [-0.2, 0) is 9.53 Å². The third kappa shape index (κ3) is 1.58. The van der Waals surface area contributed by atoms with Gasteiger partial charge in [-0.3, -0.25) is 4.79 Å². The number of aliphatic hydroxyl groups is 4. The van der Waals surface area contributed by atoms with E-state index in [0.29, 0.717) is 0 Å². The Hall–Kier alpha value is -0.530. The molecule has 1 heterocycles. The van der Waals surface area contributed by atoms with E-state index < -0.39 is 43.2 Å². The molecule has 0 aromatic carbocycles. The lowest BCUT2D eigenvalue weighted by Gasteiger charge is -2.48. The van der Waals surface area contributed by atoms with Gasteiger partial charge in [0.25, 0.3) is 0 Å². The maximum Gasteiger partial charge on any atom is 0.149 e. The Morgan fingerprint density at radius 1 is 1.07 bits per heavy atom. The fourth-order valence-electron chi connectivity index (χ4n) is 1.93. The van der Waals surface area contributed by atoms with Crippen LogP contribution in [0.5, 0.6) is 0 Å². The van der Waals surface area contributed by atoms with E-state index >= 15 is 0 Å². The topological polar surface area (TPSA) is 107 Å². The summed E-state index contributed by atoms with van der Waals surface area (Å²) in [7, 11) is 0. The number of ketones is 1. The molecule has 0 spiro atoms. The van der Waals surface area contributed by atoms with Gasteiger partial charge < -0.3 is 25.2 Å². The fraction of sp³-hybridized carbons (Fsp3) is 0.889. The molecule has 4 N–H and O–H groups in total. The minimum Gasteiger partial charge on any atom is -0.395 e. The van der Waals surface area contributed by atoms with Gasteiger partial charge in [-0.1, -0.05) is 0 Å². The molecule has 0 aromatic rings. The predicted molar refractivity (Wildman–Crippen MR) is 49.1 cm³/mol. The molecule has 0 aliphatic carbocycles. The third-order valence-corrected chi connectivity index (χ3v) is 3.16. The molecule has 0 aromatic heterocycles. The van der Waals surface area contributed by atoms with Crippen LogP contribution in [-0.4, -0.2) is 64.8 Å². The van der Waals surface area contributed by atoms with E-state index in [4.69, 9.17) is 4.74 Å². The Balaban J connectivity index is 3.15. The molecular weight excluding hydrogens is 204 g/mol. The van der Waals surface area contributed by atoms with Crippen molar-refractivity contribution < 1.29 is 30.0 Å². The summed E-state index contributed by atoms with van der Waals surface area (Å²) < 4.78 is 5.19. The monoisotopic (exact) mass is 220 g/mol. The molecular formula is C9H16O6. The van der Waals surface area contributed by atoms with Crippen molar-refractivity contribution in [3.8, 4) is 0 Å². The number of carbonyl (C=O) groups is 1. The highest BCUT2D eigenvalue weighted by molar-refractivity contribution is 5.87. The van der Waals surface area contributed by atoms with Crippen molar-refractivity contribution in [2.75, 3.05) is 33.0 Å². The second-order valence-electron chi connectivity index (χ2n) is 3.73. The van der Waals surface area contributed by atoms with Gasteiger partial charge in [0.05, 0.1) is 33.0 Å². The fourth-order valence-corrected chi connectivity index (χ4v) is 1.93.